The van der Waals surface area contributed by atoms with E-state index in [9.17, 15) is 0 Å². The molecule has 1 aromatic heterocycles. The molecule has 0 atom stereocenters. The van der Waals surface area contributed by atoms with E-state index >= 15 is 0 Å². The first-order chi connectivity index (χ1) is 10.8. The Morgan fingerprint density at radius 1 is 0.955 bits per heavy atom. The molecular formula is C14H13N7S. The maximum atomic E-state index is 5.21. The van der Waals surface area contributed by atoms with Crippen LogP contribution >= 0.6 is 12.2 Å². The highest BCUT2D eigenvalue weighted by Gasteiger charge is 2.07. The summed E-state index contributed by atoms with van der Waals surface area (Å²) in [6.45, 7) is 0. The Bertz CT molecular complexity index is 742. The molecule has 7 nitrogen and oxygen atoms in total. The van der Waals surface area contributed by atoms with Gasteiger partial charge in [0.1, 0.15) is 0 Å². The lowest BCUT2D eigenvalue weighted by Gasteiger charge is -2.11. The minimum atomic E-state index is 0.411. The van der Waals surface area contributed by atoms with Crippen LogP contribution in [-0.2, 0) is 0 Å². The van der Waals surface area contributed by atoms with Crippen molar-refractivity contribution in [1.29, 1.82) is 0 Å². The summed E-state index contributed by atoms with van der Waals surface area (Å²) in [5.74, 6) is 0.434. The van der Waals surface area contributed by atoms with Gasteiger partial charge in [-0.25, -0.2) is 0 Å². The molecule has 0 spiro atoms. The van der Waals surface area contributed by atoms with Gasteiger partial charge >= 0.3 is 0 Å². The van der Waals surface area contributed by atoms with E-state index in [2.05, 4.69) is 31.7 Å². The Balaban J connectivity index is 1.63. The van der Waals surface area contributed by atoms with Gasteiger partial charge in [-0.1, -0.05) is 41.5 Å². The van der Waals surface area contributed by atoms with E-state index < -0.39 is 0 Å². The van der Waals surface area contributed by atoms with Crippen LogP contribution in [0.5, 0.6) is 0 Å². The average Bonchev–Trinajstić information content (AvgIpc) is 3.03. The van der Waals surface area contributed by atoms with Crippen LogP contribution < -0.4 is 16.2 Å². The van der Waals surface area contributed by atoms with Gasteiger partial charge in [0.2, 0.25) is 0 Å². The highest BCUT2D eigenvalue weighted by atomic mass is 32.1. The molecule has 0 saturated heterocycles. The number of benzene rings is 2. The molecule has 0 unspecified atom stereocenters. The quantitative estimate of drug-likeness (QED) is 0.502. The maximum Gasteiger partial charge on any atom is 0.266 e. The molecule has 0 saturated carbocycles. The third kappa shape index (κ3) is 3.36. The van der Waals surface area contributed by atoms with Crippen LogP contribution in [0.2, 0.25) is 0 Å². The lowest BCUT2D eigenvalue weighted by Crippen LogP contribution is -2.34. The van der Waals surface area contributed by atoms with Crippen molar-refractivity contribution in [2.24, 2.45) is 0 Å². The Labute approximate surface area is 132 Å². The fourth-order valence-electron chi connectivity index (χ4n) is 1.80. The number of anilines is 2. The number of nitrogens with zero attached hydrogens (tertiary/aromatic N) is 4. The summed E-state index contributed by atoms with van der Waals surface area (Å²) in [4.78, 5) is 0. The van der Waals surface area contributed by atoms with E-state index in [-0.39, 0.29) is 0 Å². The number of nitrogens with one attached hydrogen (secondary N) is 3. The largest absolute Gasteiger partial charge is 0.331 e. The van der Waals surface area contributed by atoms with Crippen molar-refractivity contribution in [3.05, 3.63) is 60.7 Å². The van der Waals surface area contributed by atoms with E-state index in [0.717, 1.165) is 11.4 Å². The van der Waals surface area contributed by atoms with Crippen molar-refractivity contribution in [1.82, 2.24) is 25.6 Å². The van der Waals surface area contributed by atoms with E-state index in [1.165, 1.54) is 0 Å². The Morgan fingerprint density at radius 3 is 2.36 bits per heavy atom. The van der Waals surface area contributed by atoms with Gasteiger partial charge < -0.3 is 5.32 Å². The van der Waals surface area contributed by atoms with Crippen LogP contribution in [0, 0.1) is 0 Å². The van der Waals surface area contributed by atoms with Crippen LogP contribution in [0.4, 0.5) is 11.6 Å². The molecular weight excluding hydrogens is 298 g/mol. The molecule has 2 aromatic carbocycles. The lowest BCUT2D eigenvalue weighted by atomic mass is 10.3. The lowest BCUT2D eigenvalue weighted by molar-refractivity contribution is 0.788. The standard InChI is InChI=1S/C14H13N7S/c22-14(15-11-7-3-1-4-8-11)18-16-13-17-19-20-21(13)12-9-5-2-6-10-12/h1-10H,(H2,15,18,22)(H,16,17,20). The molecule has 110 valence electrons. The number of para-hydroxylation sites is 2. The Kier molecular flexibility index (Phi) is 4.21. The van der Waals surface area contributed by atoms with Crippen molar-refractivity contribution in [2.75, 3.05) is 10.7 Å². The fraction of sp³-hybridized carbons (Fsp3) is 0. The molecule has 0 bridgehead atoms. The van der Waals surface area contributed by atoms with E-state index in [1.54, 1.807) is 4.68 Å². The summed E-state index contributed by atoms with van der Waals surface area (Å²) in [6.07, 6.45) is 0. The molecule has 0 radical (unpaired) electrons. The van der Waals surface area contributed by atoms with Gasteiger partial charge in [-0.05, 0) is 46.9 Å². The molecule has 0 fully saturated rings. The highest BCUT2D eigenvalue weighted by Crippen LogP contribution is 2.09. The molecule has 0 aliphatic rings. The summed E-state index contributed by atoms with van der Waals surface area (Å²) >= 11 is 5.21. The molecule has 0 amide bonds. The smallest absolute Gasteiger partial charge is 0.266 e. The predicted molar refractivity (Wildman–Crippen MR) is 88.6 cm³/mol. The highest BCUT2D eigenvalue weighted by molar-refractivity contribution is 7.80. The first kappa shape index (κ1) is 14.0. The number of thiocarbonyl (C=S) groups is 1. The van der Waals surface area contributed by atoms with Crippen LogP contribution in [0.15, 0.2) is 60.7 Å². The number of rotatable bonds is 4. The van der Waals surface area contributed by atoms with Crippen LogP contribution in [0.3, 0.4) is 0 Å². The number of hydrogen-bond donors (Lipinski definition) is 3. The summed E-state index contributed by atoms with van der Waals surface area (Å²) in [5.41, 5.74) is 7.47. The molecule has 1 heterocycles. The first-order valence-electron chi connectivity index (χ1n) is 6.55. The van der Waals surface area contributed by atoms with Gasteiger partial charge in [0.25, 0.3) is 5.95 Å². The van der Waals surface area contributed by atoms with Crippen LogP contribution in [0.25, 0.3) is 5.69 Å². The zero-order valence-electron chi connectivity index (χ0n) is 11.5. The summed E-state index contributed by atoms with van der Waals surface area (Å²) in [5, 5.41) is 15.0. The van der Waals surface area contributed by atoms with Crippen molar-refractivity contribution >= 4 is 29.0 Å². The molecule has 0 aliphatic heterocycles. The fourth-order valence-corrected chi connectivity index (χ4v) is 1.97. The molecule has 8 heteroatoms. The normalized spacial score (nSPS) is 10.0. The molecule has 0 aliphatic carbocycles. The van der Waals surface area contributed by atoms with Crippen molar-refractivity contribution < 1.29 is 0 Å². The van der Waals surface area contributed by atoms with Gasteiger partial charge in [-0.3, -0.25) is 10.9 Å². The SMILES string of the molecule is S=C(NNc1nnnn1-c1ccccc1)Nc1ccccc1. The predicted octanol–water partition coefficient (Wildman–Crippen LogP) is 1.98. The average molecular weight is 311 g/mol. The molecule has 22 heavy (non-hydrogen) atoms. The van der Waals surface area contributed by atoms with Crippen LogP contribution in [-0.4, -0.2) is 25.3 Å². The van der Waals surface area contributed by atoms with Gasteiger partial charge in [-0.2, -0.15) is 4.68 Å². The number of hydrazine groups is 1. The van der Waals surface area contributed by atoms with Crippen LogP contribution in [0.1, 0.15) is 0 Å². The van der Waals surface area contributed by atoms with E-state index in [1.807, 2.05) is 60.7 Å². The number of tetrazole rings is 1. The number of aromatic nitrogens is 4. The molecule has 3 rings (SSSR count). The first-order valence-corrected chi connectivity index (χ1v) is 6.95. The maximum absolute atomic E-state index is 5.21. The second kappa shape index (κ2) is 6.64. The minimum Gasteiger partial charge on any atom is -0.331 e. The van der Waals surface area contributed by atoms with Gasteiger partial charge in [0.05, 0.1) is 5.69 Å². The molecule has 3 aromatic rings. The van der Waals surface area contributed by atoms with Gasteiger partial charge in [0.15, 0.2) is 5.11 Å². The third-order valence-corrected chi connectivity index (χ3v) is 2.99. The zero-order valence-corrected chi connectivity index (χ0v) is 12.3. The summed E-state index contributed by atoms with van der Waals surface area (Å²) in [6, 6.07) is 19.2. The third-order valence-electron chi connectivity index (χ3n) is 2.79. The monoisotopic (exact) mass is 311 g/mol. The van der Waals surface area contributed by atoms with Gasteiger partial charge in [-0.15, -0.1) is 0 Å². The second-order valence-electron chi connectivity index (χ2n) is 4.32. The second-order valence-corrected chi connectivity index (χ2v) is 4.73. The summed E-state index contributed by atoms with van der Waals surface area (Å²) < 4.78 is 1.57. The topological polar surface area (TPSA) is 79.7 Å². The van der Waals surface area contributed by atoms with Crippen molar-refractivity contribution in [3.63, 3.8) is 0 Å². The number of hydrogen-bond acceptors (Lipinski definition) is 5. The Morgan fingerprint density at radius 2 is 1.64 bits per heavy atom. The van der Waals surface area contributed by atoms with Crippen molar-refractivity contribution in [3.8, 4) is 5.69 Å². The zero-order chi connectivity index (χ0) is 15.2. The minimum absolute atomic E-state index is 0.411. The summed E-state index contributed by atoms with van der Waals surface area (Å²) in [7, 11) is 0. The molecule has 3 N–H and O–H groups in total. The van der Waals surface area contributed by atoms with E-state index in [0.29, 0.717) is 11.1 Å². The van der Waals surface area contributed by atoms with Crippen molar-refractivity contribution in [2.45, 2.75) is 0 Å². The Hall–Kier alpha value is -3.00. The van der Waals surface area contributed by atoms with Gasteiger partial charge in [0, 0.05) is 5.69 Å². The van der Waals surface area contributed by atoms with E-state index in [4.69, 9.17) is 12.2 Å².